The topological polar surface area (TPSA) is 43.4 Å². The van der Waals surface area contributed by atoms with Crippen LogP contribution in [0.3, 0.4) is 0 Å². The van der Waals surface area contributed by atoms with Crippen LogP contribution in [0.15, 0.2) is 12.2 Å². The minimum Gasteiger partial charge on any atom is -0.460 e. The van der Waals surface area contributed by atoms with Crippen LogP contribution in [0.4, 0.5) is 0 Å². The number of hydrogen-bond donors (Lipinski definition) is 0. The van der Waals surface area contributed by atoms with Crippen LogP contribution in [0, 0.1) is 5.41 Å². The summed E-state index contributed by atoms with van der Waals surface area (Å²) in [7, 11) is 0. The highest BCUT2D eigenvalue weighted by atomic mass is 16.6. The predicted octanol–water partition coefficient (Wildman–Crippen LogP) is 2.89. The highest BCUT2D eigenvalue weighted by Gasteiger charge is 2.31. The Labute approximate surface area is 97.9 Å². The lowest BCUT2D eigenvalue weighted by Crippen LogP contribution is -2.31. The maximum atomic E-state index is 11.8. The number of esters is 1. The summed E-state index contributed by atoms with van der Waals surface area (Å²) in [6.07, 6.45) is -0.197. The minimum absolute atomic E-state index is 0.158. The van der Waals surface area contributed by atoms with Crippen LogP contribution in [0.2, 0.25) is 0 Å². The molecule has 0 aromatic carbocycles. The molecular weight excluding hydrogens is 204 g/mol. The van der Waals surface area contributed by atoms with E-state index in [0.717, 1.165) is 5.57 Å². The average Bonchev–Trinajstić information content (AvgIpc) is 1.99. The average molecular weight is 226 g/mol. The molecule has 0 aromatic rings. The van der Waals surface area contributed by atoms with Gasteiger partial charge < -0.3 is 4.74 Å². The molecule has 92 valence electrons. The van der Waals surface area contributed by atoms with Gasteiger partial charge in [-0.1, -0.05) is 12.2 Å². The van der Waals surface area contributed by atoms with Crippen LogP contribution >= 0.6 is 0 Å². The second-order valence-electron chi connectivity index (χ2n) is 5.59. The van der Waals surface area contributed by atoms with E-state index in [9.17, 15) is 9.59 Å². The zero-order valence-electron chi connectivity index (χ0n) is 11.1. The summed E-state index contributed by atoms with van der Waals surface area (Å²) in [5, 5.41) is 0. The van der Waals surface area contributed by atoms with E-state index in [0.29, 0.717) is 0 Å². The number of ether oxygens (including phenoxy) is 1. The molecule has 3 nitrogen and oxygen atoms in total. The van der Waals surface area contributed by atoms with E-state index in [1.54, 1.807) is 41.5 Å². The zero-order valence-corrected chi connectivity index (χ0v) is 11.1. The molecule has 0 N–H and O–H groups in total. The van der Waals surface area contributed by atoms with Crippen LogP contribution in [0.1, 0.15) is 48.0 Å². The van der Waals surface area contributed by atoms with Gasteiger partial charge in [0, 0.05) is 5.41 Å². The summed E-state index contributed by atoms with van der Waals surface area (Å²) in [5.41, 5.74) is -0.470. The highest BCUT2D eigenvalue weighted by molar-refractivity contribution is 5.99. The molecule has 0 aromatic heterocycles. The molecule has 0 radical (unpaired) electrons. The normalized spacial score (nSPS) is 12.1. The molecule has 0 saturated heterocycles. The van der Waals surface area contributed by atoms with Gasteiger partial charge in [-0.15, -0.1) is 0 Å². The van der Waals surface area contributed by atoms with Crippen molar-refractivity contribution in [2.75, 3.05) is 0 Å². The Morgan fingerprint density at radius 2 is 1.56 bits per heavy atom. The lowest BCUT2D eigenvalue weighted by molar-refractivity contribution is -0.157. The van der Waals surface area contributed by atoms with E-state index < -0.39 is 17.0 Å². The van der Waals surface area contributed by atoms with E-state index in [1.807, 2.05) is 0 Å². The fourth-order valence-corrected chi connectivity index (χ4v) is 0.968. The molecule has 0 aliphatic carbocycles. The maximum absolute atomic E-state index is 11.8. The first kappa shape index (κ1) is 14.9. The number of ketones is 1. The summed E-state index contributed by atoms with van der Waals surface area (Å²) < 4.78 is 5.09. The monoisotopic (exact) mass is 226 g/mol. The Bertz CT molecular complexity index is 306. The van der Waals surface area contributed by atoms with Gasteiger partial charge in [-0.25, -0.2) is 0 Å². The van der Waals surface area contributed by atoms with Crippen molar-refractivity contribution in [3.63, 3.8) is 0 Å². The third-order valence-corrected chi connectivity index (χ3v) is 2.49. The van der Waals surface area contributed by atoms with Gasteiger partial charge in [-0.3, -0.25) is 9.59 Å². The Balaban J connectivity index is 4.48. The van der Waals surface area contributed by atoms with Gasteiger partial charge in [-0.2, -0.15) is 0 Å². The third kappa shape index (κ3) is 4.60. The van der Waals surface area contributed by atoms with Crippen LogP contribution in [-0.4, -0.2) is 17.4 Å². The Morgan fingerprint density at radius 1 is 1.12 bits per heavy atom. The molecule has 0 saturated carbocycles. The molecule has 0 spiro atoms. The molecule has 0 aliphatic rings. The fourth-order valence-electron chi connectivity index (χ4n) is 0.968. The summed E-state index contributed by atoms with van der Waals surface area (Å²) in [5.74, 6) is -0.638. The quantitative estimate of drug-likeness (QED) is 0.420. The Kier molecular flexibility index (Phi) is 4.47. The van der Waals surface area contributed by atoms with Gasteiger partial charge in [-0.05, 0) is 41.5 Å². The number of carbonyl (C=O) groups is 2. The standard InChI is InChI=1S/C13H22O3/c1-9(2)13(6,7)10(14)8-11(15)16-12(3,4)5/h1,8H2,2-7H3. The van der Waals surface area contributed by atoms with Crippen molar-refractivity contribution >= 4 is 11.8 Å². The molecule has 16 heavy (non-hydrogen) atoms. The molecule has 0 heterocycles. The molecule has 0 aliphatic heterocycles. The summed E-state index contributed by atoms with van der Waals surface area (Å²) in [6.45, 7) is 14.4. The second kappa shape index (κ2) is 4.81. The van der Waals surface area contributed by atoms with E-state index in [1.165, 1.54) is 0 Å². The Hall–Kier alpha value is -1.12. The summed E-state index contributed by atoms with van der Waals surface area (Å²) >= 11 is 0. The molecule has 0 unspecified atom stereocenters. The fraction of sp³-hybridized carbons (Fsp3) is 0.692. The van der Waals surface area contributed by atoms with Gasteiger partial charge in [0.1, 0.15) is 12.0 Å². The van der Waals surface area contributed by atoms with Gasteiger partial charge in [0.2, 0.25) is 0 Å². The van der Waals surface area contributed by atoms with Gasteiger partial charge in [0.15, 0.2) is 5.78 Å². The summed E-state index contributed by atoms with van der Waals surface area (Å²) in [6, 6.07) is 0. The van der Waals surface area contributed by atoms with Gasteiger partial charge in [0.05, 0.1) is 0 Å². The smallest absolute Gasteiger partial charge is 0.313 e. The second-order valence-corrected chi connectivity index (χ2v) is 5.59. The van der Waals surface area contributed by atoms with Crippen molar-refractivity contribution in [3.8, 4) is 0 Å². The predicted molar refractivity (Wildman–Crippen MR) is 64.1 cm³/mol. The lowest BCUT2D eigenvalue weighted by atomic mass is 9.80. The van der Waals surface area contributed by atoms with Gasteiger partial charge >= 0.3 is 5.97 Å². The van der Waals surface area contributed by atoms with Crippen molar-refractivity contribution in [2.24, 2.45) is 5.41 Å². The molecule has 0 rings (SSSR count). The number of allylic oxidation sites excluding steroid dienone is 1. The molecule has 0 bridgehead atoms. The molecule has 0 amide bonds. The first-order valence-corrected chi connectivity index (χ1v) is 5.38. The highest BCUT2D eigenvalue weighted by Crippen LogP contribution is 2.27. The van der Waals surface area contributed by atoms with Crippen molar-refractivity contribution in [2.45, 2.75) is 53.6 Å². The number of Topliss-reactive ketones (excluding diaryl/α,β-unsaturated/α-hetero) is 1. The molecule has 3 heteroatoms. The van der Waals surface area contributed by atoms with Crippen LogP contribution < -0.4 is 0 Å². The number of carbonyl (C=O) groups excluding carboxylic acids is 2. The van der Waals surface area contributed by atoms with Crippen LogP contribution in [0.25, 0.3) is 0 Å². The molecule has 0 atom stereocenters. The van der Waals surface area contributed by atoms with E-state index in [2.05, 4.69) is 6.58 Å². The summed E-state index contributed by atoms with van der Waals surface area (Å²) in [4.78, 5) is 23.3. The third-order valence-electron chi connectivity index (χ3n) is 2.49. The first-order chi connectivity index (χ1) is 6.97. The largest absolute Gasteiger partial charge is 0.460 e. The van der Waals surface area contributed by atoms with Crippen molar-refractivity contribution in [1.29, 1.82) is 0 Å². The van der Waals surface area contributed by atoms with Crippen molar-refractivity contribution in [3.05, 3.63) is 12.2 Å². The minimum atomic E-state index is -0.670. The number of rotatable bonds is 4. The van der Waals surface area contributed by atoms with Crippen molar-refractivity contribution < 1.29 is 14.3 Å². The van der Waals surface area contributed by atoms with E-state index in [4.69, 9.17) is 4.74 Å². The van der Waals surface area contributed by atoms with Crippen LogP contribution in [0.5, 0.6) is 0 Å². The lowest BCUT2D eigenvalue weighted by Gasteiger charge is -2.24. The molecular formula is C13H22O3. The first-order valence-electron chi connectivity index (χ1n) is 5.38. The maximum Gasteiger partial charge on any atom is 0.313 e. The molecule has 0 fully saturated rings. The van der Waals surface area contributed by atoms with Crippen LogP contribution in [-0.2, 0) is 14.3 Å². The van der Waals surface area contributed by atoms with Crippen molar-refractivity contribution in [1.82, 2.24) is 0 Å². The number of hydrogen-bond acceptors (Lipinski definition) is 3. The van der Waals surface area contributed by atoms with E-state index in [-0.39, 0.29) is 12.2 Å². The Morgan fingerprint density at radius 3 is 1.88 bits per heavy atom. The van der Waals surface area contributed by atoms with E-state index >= 15 is 0 Å². The zero-order chi connectivity index (χ0) is 13.1. The SMILES string of the molecule is C=C(C)C(C)(C)C(=O)CC(=O)OC(C)(C)C. The van der Waals surface area contributed by atoms with Gasteiger partial charge in [0.25, 0.3) is 0 Å².